The molecule has 1 aliphatic rings. The van der Waals surface area contributed by atoms with Gasteiger partial charge in [0.05, 0.1) is 11.4 Å². The molecule has 0 saturated carbocycles. The lowest BCUT2D eigenvalue weighted by atomic mass is 10.0. The zero-order valence-electron chi connectivity index (χ0n) is 19.0. The Balaban J connectivity index is 1.25. The third-order valence-electron chi connectivity index (χ3n) is 6.90. The van der Waals surface area contributed by atoms with Gasteiger partial charge in [0, 0.05) is 34.2 Å². The second kappa shape index (κ2) is 7.03. The maximum Gasteiger partial charge on any atom is 0.151 e. The Labute approximate surface area is 197 Å². The van der Waals surface area contributed by atoms with E-state index in [0.29, 0.717) is 0 Å². The molecular formula is C30H23N3O. The van der Waals surface area contributed by atoms with Crippen LogP contribution in [0.2, 0.25) is 0 Å². The van der Waals surface area contributed by atoms with Crippen LogP contribution in [0, 0.1) is 13.8 Å². The predicted molar refractivity (Wildman–Crippen MR) is 140 cm³/mol. The molecule has 4 heteroatoms. The molecule has 34 heavy (non-hydrogen) atoms. The molecule has 0 fully saturated rings. The number of aryl methyl sites for hydroxylation is 2. The summed E-state index contributed by atoms with van der Waals surface area (Å²) < 4.78 is 6.42. The lowest BCUT2D eigenvalue weighted by Crippen LogP contribution is -2.03. The Morgan fingerprint density at radius 3 is 1.47 bits per heavy atom. The minimum atomic E-state index is 0.838. The van der Waals surface area contributed by atoms with Gasteiger partial charge in [0.1, 0.15) is 0 Å². The average molecular weight is 442 g/mol. The minimum absolute atomic E-state index is 0.838. The molecule has 3 heterocycles. The lowest BCUT2D eigenvalue weighted by molar-refractivity contribution is 0.481. The summed E-state index contributed by atoms with van der Waals surface area (Å²) in [4.78, 5) is 6.64. The van der Waals surface area contributed by atoms with E-state index in [1.807, 2.05) is 0 Å². The first-order chi connectivity index (χ1) is 16.6. The molecule has 3 N–H and O–H groups in total. The van der Waals surface area contributed by atoms with E-state index in [1.165, 1.54) is 33.0 Å². The van der Waals surface area contributed by atoms with Gasteiger partial charge in [0.2, 0.25) is 0 Å². The Hall–Kier alpha value is -4.44. The number of nitrogens with one attached hydrogen (secondary N) is 3. The predicted octanol–water partition coefficient (Wildman–Crippen LogP) is 8.45. The molecular weight excluding hydrogens is 418 g/mol. The third kappa shape index (κ3) is 2.92. The molecule has 0 unspecified atom stereocenters. The highest BCUT2D eigenvalue weighted by Crippen LogP contribution is 2.45. The first-order valence-corrected chi connectivity index (χ1v) is 11.5. The van der Waals surface area contributed by atoms with Crippen LogP contribution in [0.4, 0.5) is 11.4 Å². The topological polar surface area (TPSA) is 52.8 Å². The fourth-order valence-corrected chi connectivity index (χ4v) is 4.92. The van der Waals surface area contributed by atoms with Crippen LogP contribution in [0.15, 0.2) is 85.2 Å². The zero-order chi connectivity index (χ0) is 22.8. The third-order valence-corrected chi connectivity index (χ3v) is 6.90. The summed E-state index contributed by atoms with van der Waals surface area (Å²) in [6, 6.07) is 25.8. The normalized spacial score (nSPS) is 12.3. The Kier molecular flexibility index (Phi) is 3.94. The van der Waals surface area contributed by atoms with Gasteiger partial charge in [-0.25, -0.2) is 0 Å². The summed E-state index contributed by atoms with van der Waals surface area (Å²) in [7, 11) is 0. The van der Waals surface area contributed by atoms with E-state index in [9.17, 15) is 0 Å². The summed E-state index contributed by atoms with van der Waals surface area (Å²) >= 11 is 0. The molecule has 0 radical (unpaired) electrons. The molecule has 4 nitrogen and oxygen atoms in total. The number of fused-ring (bicyclic) bond motifs is 4. The van der Waals surface area contributed by atoms with Crippen LogP contribution in [0.5, 0.6) is 11.5 Å². The number of hydrogen-bond acceptors (Lipinski definition) is 2. The van der Waals surface area contributed by atoms with E-state index in [4.69, 9.17) is 4.74 Å². The van der Waals surface area contributed by atoms with Gasteiger partial charge in [-0.1, -0.05) is 24.3 Å². The maximum atomic E-state index is 6.42. The van der Waals surface area contributed by atoms with Gasteiger partial charge in [-0.3, -0.25) is 0 Å². The fraction of sp³-hybridized carbons (Fsp3) is 0.0667. The van der Waals surface area contributed by atoms with Gasteiger partial charge in [-0.15, -0.1) is 0 Å². The van der Waals surface area contributed by atoms with Crippen LogP contribution < -0.4 is 10.1 Å². The maximum absolute atomic E-state index is 6.42. The molecule has 0 bridgehead atoms. The molecule has 2 aromatic heterocycles. The van der Waals surface area contributed by atoms with Crippen molar-refractivity contribution >= 4 is 33.2 Å². The molecule has 0 amide bonds. The van der Waals surface area contributed by atoms with Crippen molar-refractivity contribution in [2.24, 2.45) is 0 Å². The van der Waals surface area contributed by atoms with Gasteiger partial charge in [-0.05, 0) is 95.8 Å². The monoisotopic (exact) mass is 441 g/mol. The van der Waals surface area contributed by atoms with Crippen LogP contribution >= 0.6 is 0 Å². The highest BCUT2D eigenvalue weighted by atomic mass is 16.5. The van der Waals surface area contributed by atoms with Crippen molar-refractivity contribution in [1.29, 1.82) is 0 Å². The molecule has 6 aromatic rings. The highest BCUT2D eigenvalue weighted by molar-refractivity contribution is 5.90. The first-order valence-electron chi connectivity index (χ1n) is 11.5. The molecule has 0 aliphatic carbocycles. The number of ether oxygens (including phenoxy) is 1. The Morgan fingerprint density at radius 2 is 0.971 bits per heavy atom. The SMILES string of the molecule is Cc1c[nH]c2ccc(-c3ccc4c(c3)Oc3cc(-c5ccc6[nH]cc(C)c6c5)ccc3N4)cc12. The molecule has 7 rings (SSSR count). The first kappa shape index (κ1) is 19.1. The van der Waals surface area contributed by atoms with Gasteiger partial charge >= 0.3 is 0 Å². The summed E-state index contributed by atoms with van der Waals surface area (Å²) in [5.41, 5.74) is 11.4. The Morgan fingerprint density at radius 1 is 0.529 bits per heavy atom. The van der Waals surface area contributed by atoms with Crippen molar-refractivity contribution in [2.75, 3.05) is 5.32 Å². The van der Waals surface area contributed by atoms with E-state index in [-0.39, 0.29) is 0 Å². The van der Waals surface area contributed by atoms with E-state index < -0.39 is 0 Å². The van der Waals surface area contributed by atoms with Gasteiger partial charge < -0.3 is 20.0 Å². The summed E-state index contributed by atoms with van der Waals surface area (Å²) in [6.07, 6.45) is 4.11. The van der Waals surface area contributed by atoms with Crippen LogP contribution in [0.1, 0.15) is 11.1 Å². The summed E-state index contributed by atoms with van der Waals surface area (Å²) in [5, 5.41) is 6.03. The van der Waals surface area contributed by atoms with Crippen molar-refractivity contribution in [2.45, 2.75) is 13.8 Å². The molecule has 0 saturated heterocycles. The number of benzene rings is 4. The van der Waals surface area contributed by atoms with Crippen molar-refractivity contribution < 1.29 is 4.74 Å². The number of anilines is 2. The zero-order valence-corrected chi connectivity index (χ0v) is 19.0. The summed E-state index contributed by atoms with van der Waals surface area (Å²) in [5.74, 6) is 1.68. The van der Waals surface area contributed by atoms with Gasteiger partial charge in [-0.2, -0.15) is 0 Å². The average Bonchev–Trinajstić information content (AvgIpc) is 3.43. The van der Waals surface area contributed by atoms with Crippen molar-refractivity contribution in [1.82, 2.24) is 9.97 Å². The van der Waals surface area contributed by atoms with Crippen LogP contribution in [-0.4, -0.2) is 9.97 Å². The quantitative estimate of drug-likeness (QED) is 0.252. The molecule has 4 aromatic carbocycles. The van der Waals surface area contributed by atoms with E-state index >= 15 is 0 Å². The summed E-state index contributed by atoms with van der Waals surface area (Å²) in [6.45, 7) is 4.26. The van der Waals surface area contributed by atoms with Gasteiger partial charge in [0.15, 0.2) is 11.5 Å². The fourth-order valence-electron chi connectivity index (χ4n) is 4.92. The number of hydrogen-bond donors (Lipinski definition) is 3. The number of aromatic amines is 2. The standard InChI is InChI=1S/C30H23N3O/c1-17-15-31-25-7-3-19(11-23(17)25)21-5-9-27-29(13-21)34-30-14-22(6-10-28(30)33-27)20-4-8-26-24(12-20)18(2)16-32-26/h3-16,31-33H,1-2H3. The highest BCUT2D eigenvalue weighted by Gasteiger charge is 2.18. The van der Waals surface area contributed by atoms with E-state index in [2.05, 4.69) is 114 Å². The van der Waals surface area contributed by atoms with Crippen LogP contribution in [0.25, 0.3) is 44.1 Å². The smallest absolute Gasteiger partial charge is 0.151 e. The molecule has 0 spiro atoms. The van der Waals surface area contributed by atoms with Gasteiger partial charge in [0.25, 0.3) is 0 Å². The molecule has 164 valence electrons. The van der Waals surface area contributed by atoms with Crippen molar-refractivity contribution in [3.63, 3.8) is 0 Å². The molecule has 0 atom stereocenters. The lowest BCUT2D eigenvalue weighted by Gasteiger charge is -2.23. The second-order valence-corrected chi connectivity index (χ2v) is 9.11. The number of rotatable bonds is 2. The van der Waals surface area contributed by atoms with Crippen LogP contribution in [0.3, 0.4) is 0 Å². The Bertz CT molecular complexity index is 1610. The van der Waals surface area contributed by atoms with Crippen LogP contribution in [-0.2, 0) is 0 Å². The van der Waals surface area contributed by atoms with Crippen molar-refractivity contribution in [3.8, 4) is 33.8 Å². The van der Waals surface area contributed by atoms with E-state index in [0.717, 1.165) is 45.0 Å². The van der Waals surface area contributed by atoms with E-state index in [1.54, 1.807) is 0 Å². The largest absolute Gasteiger partial charge is 0.453 e. The minimum Gasteiger partial charge on any atom is -0.453 e. The number of aromatic nitrogens is 2. The number of H-pyrrole nitrogens is 2. The second-order valence-electron chi connectivity index (χ2n) is 9.11. The van der Waals surface area contributed by atoms with Crippen molar-refractivity contribution in [3.05, 3.63) is 96.3 Å². The molecule has 1 aliphatic heterocycles.